The van der Waals surface area contributed by atoms with E-state index in [1.807, 2.05) is 0 Å². The van der Waals surface area contributed by atoms with Crippen LogP contribution in [0.2, 0.25) is 0 Å². The number of H-pyrrole nitrogens is 1. The third kappa shape index (κ3) is 3.22. The first-order valence-electron chi connectivity index (χ1n) is 6.60. The summed E-state index contributed by atoms with van der Waals surface area (Å²) in [5.41, 5.74) is 1.80. The van der Waals surface area contributed by atoms with Crippen molar-refractivity contribution in [2.75, 3.05) is 0 Å². The Morgan fingerprint density at radius 1 is 1.22 bits per heavy atom. The summed E-state index contributed by atoms with van der Waals surface area (Å²) in [6, 6.07) is 9.98. The van der Waals surface area contributed by atoms with Crippen molar-refractivity contribution >= 4 is 24.4 Å². The van der Waals surface area contributed by atoms with Crippen molar-refractivity contribution in [2.24, 2.45) is 5.10 Å². The highest BCUT2D eigenvalue weighted by Gasteiger charge is 2.07. The minimum absolute atomic E-state index is 0.222. The molecule has 23 heavy (non-hydrogen) atoms. The maximum atomic E-state index is 10.8. The summed E-state index contributed by atoms with van der Waals surface area (Å²) in [5.74, 6) is -0.402. The summed E-state index contributed by atoms with van der Waals surface area (Å²) in [5, 5.41) is 20.1. The lowest BCUT2D eigenvalue weighted by atomic mass is 10.1. The smallest absolute Gasteiger partial charge is 0.335 e. The molecule has 0 bridgehead atoms. The van der Waals surface area contributed by atoms with Crippen molar-refractivity contribution in [1.82, 2.24) is 19.9 Å². The number of aromatic amines is 1. The first kappa shape index (κ1) is 14.8. The van der Waals surface area contributed by atoms with Crippen LogP contribution in [-0.4, -0.2) is 37.1 Å². The number of benzene rings is 1. The zero-order valence-electron chi connectivity index (χ0n) is 11.7. The van der Waals surface area contributed by atoms with E-state index >= 15 is 0 Å². The van der Waals surface area contributed by atoms with Gasteiger partial charge >= 0.3 is 5.97 Å². The molecule has 2 N–H and O–H groups in total. The number of pyridine rings is 1. The fourth-order valence-electron chi connectivity index (χ4n) is 1.92. The SMILES string of the molecule is O=C(O)c1ccc(C=Nn2c(-c3ccncc3)n[nH]c2=S)cc1. The van der Waals surface area contributed by atoms with E-state index in [1.165, 1.54) is 16.8 Å². The van der Waals surface area contributed by atoms with Gasteiger partial charge in [0.2, 0.25) is 4.77 Å². The maximum absolute atomic E-state index is 10.8. The van der Waals surface area contributed by atoms with Crippen molar-refractivity contribution < 1.29 is 9.90 Å². The zero-order chi connectivity index (χ0) is 16.2. The maximum Gasteiger partial charge on any atom is 0.335 e. The van der Waals surface area contributed by atoms with Crippen molar-refractivity contribution in [3.63, 3.8) is 0 Å². The van der Waals surface area contributed by atoms with Crippen LogP contribution >= 0.6 is 12.2 Å². The van der Waals surface area contributed by atoms with Gasteiger partial charge in [-0.3, -0.25) is 4.98 Å². The molecule has 0 fully saturated rings. The predicted octanol–water partition coefficient (Wildman–Crippen LogP) is 2.58. The summed E-state index contributed by atoms with van der Waals surface area (Å²) >= 11 is 5.18. The van der Waals surface area contributed by atoms with Crippen molar-refractivity contribution in [3.05, 3.63) is 64.7 Å². The molecule has 0 aliphatic carbocycles. The predicted molar refractivity (Wildman–Crippen MR) is 87.0 cm³/mol. The Morgan fingerprint density at radius 3 is 2.57 bits per heavy atom. The number of carbonyl (C=O) groups is 1. The summed E-state index contributed by atoms with van der Waals surface area (Å²) < 4.78 is 1.85. The molecule has 0 saturated heterocycles. The molecule has 0 aliphatic heterocycles. The first-order valence-corrected chi connectivity index (χ1v) is 7.01. The van der Waals surface area contributed by atoms with E-state index in [0.29, 0.717) is 10.6 Å². The van der Waals surface area contributed by atoms with E-state index in [9.17, 15) is 4.79 Å². The molecular weight excluding hydrogens is 314 g/mol. The summed E-state index contributed by atoms with van der Waals surface area (Å²) in [6.07, 6.45) is 4.90. The lowest BCUT2D eigenvalue weighted by Crippen LogP contribution is -1.97. The van der Waals surface area contributed by atoms with Crippen LogP contribution in [-0.2, 0) is 0 Å². The number of hydrogen-bond acceptors (Lipinski definition) is 5. The number of aromatic carboxylic acids is 1. The van der Waals surface area contributed by atoms with Gasteiger partial charge in [-0.25, -0.2) is 9.89 Å². The molecule has 8 heteroatoms. The topological polar surface area (TPSA) is 96.2 Å². The normalized spacial score (nSPS) is 11.0. The monoisotopic (exact) mass is 325 g/mol. The van der Waals surface area contributed by atoms with E-state index in [0.717, 1.165) is 11.1 Å². The van der Waals surface area contributed by atoms with Crippen LogP contribution in [0.3, 0.4) is 0 Å². The average molecular weight is 325 g/mol. The number of rotatable bonds is 4. The van der Waals surface area contributed by atoms with Gasteiger partial charge in [0.05, 0.1) is 11.8 Å². The molecule has 3 aromatic rings. The Kier molecular flexibility index (Phi) is 4.07. The number of carboxylic acids is 1. The first-order chi connectivity index (χ1) is 11.1. The molecule has 0 atom stereocenters. The summed E-state index contributed by atoms with van der Waals surface area (Å²) in [6.45, 7) is 0. The highest BCUT2D eigenvalue weighted by atomic mass is 32.1. The Morgan fingerprint density at radius 2 is 1.91 bits per heavy atom. The molecule has 114 valence electrons. The third-order valence-electron chi connectivity index (χ3n) is 3.07. The minimum Gasteiger partial charge on any atom is -0.478 e. The Bertz CT molecular complexity index is 913. The second-order valence-corrected chi connectivity index (χ2v) is 4.96. The van der Waals surface area contributed by atoms with E-state index in [2.05, 4.69) is 20.3 Å². The molecule has 0 aliphatic rings. The van der Waals surface area contributed by atoms with Crippen molar-refractivity contribution in [3.8, 4) is 11.4 Å². The number of hydrogen-bond donors (Lipinski definition) is 2. The average Bonchev–Trinajstić information content (AvgIpc) is 2.95. The second-order valence-electron chi connectivity index (χ2n) is 4.57. The van der Waals surface area contributed by atoms with Crippen LogP contribution < -0.4 is 0 Å². The van der Waals surface area contributed by atoms with E-state index in [4.69, 9.17) is 17.3 Å². The van der Waals surface area contributed by atoms with Gasteiger partial charge in [0, 0.05) is 18.0 Å². The Balaban J connectivity index is 1.93. The van der Waals surface area contributed by atoms with E-state index in [1.54, 1.807) is 42.9 Å². The number of aromatic nitrogens is 4. The summed E-state index contributed by atoms with van der Waals surface area (Å²) in [7, 11) is 0. The molecule has 1 aromatic carbocycles. The van der Waals surface area contributed by atoms with E-state index < -0.39 is 5.97 Å². The fraction of sp³-hybridized carbons (Fsp3) is 0. The highest BCUT2D eigenvalue weighted by molar-refractivity contribution is 7.71. The van der Waals surface area contributed by atoms with Gasteiger partial charge < -0.3 is 5.11 Å². The standard InChI is InChI=1S/C15H11N5O2S/c21-14(22)12-3-1-10(2-4-12)9-17-20-13(18-19-15(20)23)11-5-7-16-8-6-11/h1-9H,(H,19,23)(H,21,22). The van der Waals surface area contributed by atoms with Gasteiger partial charge in [-0.15, -0.1) is 0 Å². The molecule has 7 nitrogen and oxygen atoms in total. The minimum atomic E-state index is -0.967. The second kappa shape index (κ2) is 6.32. The van der Waals surface area contributed by atoms with E-state index in [-0.39, 0.29) is 5.56 Å². The van der Waals surface area contributed by atoms with Crippen LogP contribution in [0.5, 0.6) is 0 Å². The molecule has 0 amide bonds. The molecule has 0 unspecified atom stereocenters. The van der Waals surface area contributed by atoms with Crippen molar-refractivity contribution in [1.29, 1.82) is 0 Å². The van der Waals surface area contributed by atoms with Gasteiger partial charge in [-0.05, 0) is 42.0 Å². The molecule has 0 spiro atoms. The molecular formula is C15H11N5O2S. The van der Waals surface area contributed by atoms with Crippen LogP contribution in [0.4, 0.5) is 0 Å². The third-order valence-corrected chi connectivity index (χ3v) is 3.33. The Hall–Kier alpha value is -3.13. The van der Waals surface area contributed by atoms with Crippen LogP contribution in [0.25, 0.3) is 11.4 Å². The van der Waals surface area contributed by atoms with Crippen LogP contribution in [0.1, 0.15) is 15.9 Å². The lowest BCUT2D eigenvalue weighted by molar-refractivity contribution is 0.0697. The molecule has 0 saturated carbocycles. The zero-order valence-corrected chi connectivity index (χ0v) is 12.6. The number of carboxylic acid groups (broad SMARTS) is 1. The number of nitrogens with one attached hydrogen (secondary N) is 1. The number of nitrogens with zero attached hydrogens (tertiary/aromatic N) is 4. The quantitative estimate of drug-likeness (QED) is 0.568. The molecule has 2 aromatic heterocycles. The van der Waals surface area contributed by atoms with Crippen LogP contribution in [0, 0.1) is 4.77 Å². The Labute approximate surface area is 136 Å². The fourth-order valence-corrected chi connectivity index (χ4v) is 2.10. The van der Waals surface area contributed by atoms with Crippen LogP contribution in [0.15, 0.2) is 53.9 Å². The van der Waals surface area contributed by atoms with Crippen molar-refractivity contribution in [2.45, 2.75) is 0 Å². The lowest BCUT2D eigenvalue weighted by Gasteiger charge is -2.00. The van der Waals surface area contributed by atoms with Gasteiger partial charge in [0.1, 0.15) is 0 Å². The largest absolute Gasteiger partial charge is 0.478 e. The molecule has 3 rings (SSSR count). The summed E-state index contributed by atoms with van der Waals surface area (Å²) in [4.78, 5) is 14.8. The van der Waals surface area contributed by atoms with Gasteiger partial charge in [0.15, 0.2) is 5.82 Å². The van der Waals surface area contributed by atoms with Gasteiger partial charge in [-0.1, -0.05) is 12.1 Å². The molecule has 2 heterocycles. The highest BCUT2D eigenvalue weighted by Crippen LogP contribution is 2.15. The molecule has 0 radical (unpaired) electrons. The van der Waals surface area contributed by atoms with Gasteiger partial charge in [-0.2, -0.15) is 14.9 Å². The van der Waals surface area contributed by atoms with Gasteiger partial charge in [0.25, 0.3) is 0 Å².